The van der Waals surface area contributed by atoms with Crippen LogP contribution in [0.2, 0.25) is 0 Å². The SMILES string of the molecule is C/C(=C\CSc1ccccc1)C1CCCCC1. The van der Waals surface area contributed by atoms with Crippen molar-refractivity contribution in [2.24, 2.45) is 5.92 Å². The van der Waals surface area contributed by atoms with Crippen molar-refractivity contribution in [2.45, 2.75) is 43.9 Å². The van der Waals surface area contributed by atoms with Crippen molar-refractivity contribution in [3.05, 3.63) is 42.0 Å². The van der Waals surface area contributed by atoms with Crippen LogP contribution in [0.4, 0.5) is 0 Å². The molecule has 1 aromatic carbocycles. The molecule has 1 heteroatoms. The van der Waals surface area contributed by atoms with E-state index < -0.39 is 0 Å². The Morgan fingerprint density at radius 1 is 1.18 bits per heavy atom. The molecular weight excluding hydrogens is 224 g/mol. The first-order valence-corrected chi connectivity index (χ1v) is 7.69. The fourth-order valence-corrected chi connectivity index (χ4v) is 3.40. The molecule has 0 N–H and O–H groups in total. The van der Waals surface area contributed by atoms with Crippen molar-refractivity contribution in [3.63, 3.8) is 0 Å². The molecule has 17 heavy (non-hydrogen) atoms. The topological polar surface area (TPSA) is 0 Å². The van der Waals surface area contributed by atoms with Gasteiger partial charge in [0.2, 0.25) is 0 Å². The van der Waals surface area contributed by atoms with Gasteiger partial charge in [0.05, 0.1) is 0 Å². The van der Waals surface area contributed by atoms with Crippen molar-refractivity contribution in [3.8, 4) is 0 Å². The van der Waals surface area contributed by atoms with E-state index >= 15 is 0 Å². The molecule has 0 atom stereocenters. The van der Waals surface area contributed by atoms with Gasteiger partial charge in [0, 0.05) is 10.6 Å². The van der Waals surface area contributed by atoms with Gasteiger partial charge >= 0.3 is 0 Å². The third-order valence-corrected chi connectivity index (χ3v) is 4.59. The van der Waals surface area contributed by atoms with Crippen LogP contribution in [0.25, 0.3) is 0 Å². The van der Waals surface area contributed by atoms with Crippen LogP contribution in [0.5, 0.6) is 0 Å². The summed E-state index contributed by atoms with van der Waals surface area (Å²) in [7, 11) is 0. The van der Waals surface area contributed by atoms with Crippen molar-refractivity contribution in [1.29, 1.82) is 0 Å². The first-order valence-electron chi connectivity index (χ1n) is 6.71. The Bertz CT molecular complexity index is 347. The number of allylic oxidation sites excluding steroid dienone is 1. The molecule has 1 aliphatic carbocycles. The van der Waals surface area contributed by atoms with E-state index in [1.165, 1.54) is 37.0 Å². The van der Waals surface area contributed by atoms with Crippen molar-refractivity contribution < 1.29 is 0 Å². The molecule has 0 spiro atoms. The molecule has 0 unspecified atom stereocenters. The lowest BCUT2D eigenvalue weighted by Crippen LogP contribution is -2.07. The molecule has 0 radical (unpaired) electrons. The molecule has 92 valence electrons. The minimum absolute atomic E-state index is 0.875. The molecule has 0 saturated heterocycles. The smallest absolute Gasteiger partial charge is 0.0163 e. The molecular formula is C16H22S. The van der Waals surface area contributed by atoms with Gasteiger partial charge in [-0.2, -0.15) is 0 Å². The van der Waals surface area contributed by atoms with Gasteiger partial charge in [0.25, 0.3) is 0 Å². The van der Waals surface area contributed by atoms with Gasteiger partial charge in [-0.05, 0) is 37.8 Å². The summed E-state index contributed by atoms with van der Waals surface area (Å²) in [5, 5.41) is 0. The molecule has 1 aromatic rings. The van der Waals surface area contributed by atoms with Gasteiger partial charge in [0.15, 0.2) is 0 Å². The van der Waals surface area contributed by atoms with Crippen LogP contribution in [-0.4, -0.2) is 5.75 Å². The van der Waals surface area contributed by atoms with E-state index in [0.717, 1.165) is 11.7 Å². The average Bonchev–Trinajstić information content (AvgIpc) is 2.41. The third kappa shape index (κ3) is 4.23. The molecule has 0 bridgehead atoms. The van der Waals surface area contributed by atoms with Crippen LogP contribution in [0.3, 0.4) is 0 Å². The van der Waals surface area contributed by atoms with Gasteiger partial charge in [-0.15, -0.1) is 11.8 Å². The zero-order chi connectivity index (χ0) is 11.9. The van der Waals surface area contributed by atoms with E-state index in [-0.39, 0.29) is 0 Å². The van der Waals surface area contributed by atoms with Gasteiger partial charge < -0.3 is 0 Å². The molecule has 1 saturated carbocycles. The van der Waals surface area contributed by atoms with Gasteiger partial charge in [-0.3, -0.25) is 0 Å². The van der Waals surface area contributed by atoms with E-state index in [0.29, 0.717) is 0 Å². The monoisotopic (exact) mass is 246 g/mol. The van der Waals surface area contributed by atoms with Crippen LogP contribution in [0.15, 0.2) is 46.9 Å². The highest BCUT2D eigenvalue weighted by Crippen LogP contribution is 2.30. The predicted octanol–water partition coefficient (Wildman–Crippen LogP) is 5.31. The van der Waals surface area contributed by atoms with Crippen LogP contribution in [-0.2, 0) is 0 Å². The van der Waals surface area contributed by atoms with Crippen molar-refractivity contribution >= 4 is 11.8 Å². The highest BCUT2D eigenvalue weighted by Gasteiger charge is 2.14. The van der Waals surface area contributed by atoms with E-state index in [1.54, 1.807) is 5.57 Å². The molecule has 2 rings (SSSR count). The maximum absolute atomic E-state index is 2.44. The number of rotatable bonds is 4. The minimum Gasteiger partial charge on any atom is -0.122 e. The molecule has 1 fully saturated rings. The Kier molecular flexibility index (Phi) is 5.18. The highest BCUT2D eigenvalue weighted by molar-refractivity contribution is 7.99. The van der Waals surface area contributed by atoms with Gasteiger partial charge in [-0.25, -0.2) is 0 Å². The van der Waals surface area contributed by atoms with Gasteiger partial charge in [-0.1, -0.05) is 49.1 Å². The lowest BCUT2D eigenvalue weighted by Gasteiger charge is -2.22. The van der Waals surface area contributed by atoms with Crippen LogP contribution in [0, 0.1) is 5.92 Å². The molecule has 0 nitrogen and oxygen atoms in total. The Morgan fingerprint density at radius 3 is 2.59 bits per heavy atom. The fourth-order valence-electron chi connectivity index (χ4n) is 2.51. The van der Waals surface area contributed by atoms with E-state index in [4.69, 9.17) is 0 Å². The zero-order valence-electron chi connectivity index (χ0n) is 10.7. The first kappa shape index (κ1) is 12.8. The standard InChI is InChI=1S/C16H22S/c1-14(15-8-4-2-5-9-15)12-13-17-16-10-6-3-7-11-16/h3,6-7,10-12,15H,2,4-5,8-9,13H2,1H3/b14-12+. The summed E-state index contributed by atoms with van der Waals surface area (Å²) in [5.41, 5.74) is 1.62. The number of thioether (sulfide) groups is 1. The summed E-state index contributed by atoms with van der Waals surface area (Å²) in [6, 6.07) is 10.7. The maximum Gasteiger partial charge on any atom is 0.0163 e. The molecule has 0 heterocycles. The summed E-state index contributed by atoms with van der Waals surface area (Å²) in [5.74, 6) is 1.99. The van der Waals surface area contributed by atoms with E-state index in [2.05, 4.69) is 43.3 Å². The summed E-state index contributed by atoms with van der Waals surface area (Å²) >= 11 is 1.94. The number of benzene rings is 1. The fraction of sp³-hybridized carbons (Fsp3) is 0.500. The summed E-state index contributed by atoms with van der Waals surface area (Å²) < 4.78 is 0. The first-order chi connectivity index (χ1) is 8.36. The van der Waals surface area contributed by atoms with E-state index in [9.17, 15) is 0 Å². The quantitative estimate of drug-likeness (QED) is 0.513. The normalized spacial score (nSPS) is 18.3. The molecule has 0 aliphatic heterocycles. The second-order valence-corrected chi connectivity index (χ2v) is 6.00. The molecule has 0 aromatic heterocycles. The summed E-state index contributed by atoms with van der Waals surface area (Å²) in [4.78, 5) is 1.38. The Hall–Kier alpha value is -0.690. The van der Waals surface area contributed by atoms with Gasteiger partial charge in [0.1, 0.15) is 0 Å². The molecule has 0 amide bonds. The Labute approximate surface area is 110 Å². The minimum atomic E-state index is 0.875. The second kappa shape index (κ2) is 6.90. The van der Waals surface area contributed by atoms with Crippen LogP contribution < -0.4 is 0 Å². The average molecular weight is 246 g/mol. The predicted molar refractivity (Wildman–Crippen MR) is 77.5 cm³/mol. The van der Waals surface area contributed by atoms with Crippen LogP contribution >= 0.6 is 11.8 Å². The number of hydrogen-bond donors (Lipinski definition) is 0. The largest absolute Gasteiger partial charge is 0.122 e. The third-order valence-electron chi connectivity index (χ3n) is 3.65. The molecule has 1 aliphatic rings. The Morgan fingerprint density at radius 2 is 1.88 bits per heavy atom. The van der Waals surface area contributed by atoms with Crippen molar-refractivity contribution in [1.82, 2.24) is 0 Å². The lowest BCUT2D eigenvalue weighted by molar-refractivity contribution is 0.402. The lowest BCUT2D eigenvalue weighted by atomic mass is 9.84. The zero-order valence-corrected chi connectivity index (χ0v) is 11.5. The second-order valence-electron chi connectivity index (χ2n) is 4.91. The van der Waals surface area contributed by atoms with Crippen LogP contribution in [0.1, 0.15) is 39.0 Å². The number of hydrogen-bond acceptors (Lipinski definition) is 1. The maximum atomic E-state index is 2.44. The van der Waals surface area contributed by atoms with E-state index in [1.807, 2.05) is 11.8 Å². The van der Waals surface area contributed by atoms with Crippen molar-refractivity contribution in [2.75, 3.05) is 5.75 Å². The highest BCUT2D eigenvalue weighted by atomic mass is 32.2. The Balaban J connectivity index is 1.79. The summed E-state index contributed by atoms with van der Waals surface area (Å²) in [6.07, 6.45) is 9.58. The summed E-state index contributed by atoms with van der Waals surface area (Å²) in [6.45, 7) is 2.32.